The monoisotopic (exact) mass is 263 g/mol. The van der Waals surface area contributed by atoms with Gasteiger partial charge in [0, 0.05) is 23.5 Å². The lowest BCUT2D eigenvalue weighted by Crippen LogP contribution is -1.93. The molecule has 0 radical (unpaired) electrons. The van der Waals surface area contributed by atoms with E-state index in [0.29, 0.717) is 28.3 Å². The lowest BCUT2D eigenvalue weighted by atomic mass is 10.3. The predicted molar refractivity (Wildman–Crippen MR) is 69.4 cm³/mol. The predicted octanol–water partition coefficient (Wildman–Crippen LogP) is 2.80. The average molecular weight is 263 g/mol. The average Bonchev–Trinajstić information content (AvgIpc) is 3.11. The summed E-state index contributed by atoms with van der Waals surface area (Å²) in [6.45, 7) is 0. The largest absolute Gasteiger partial charge is 0.495 e. The number of hydrogen-bond donors (Lipinski definition) is 1. The highest BCUT2D eigenvalue weighted by atomic mass is 32.1. The molecule has 6 heteroatoms. The number of rotatable bonds is 4. The molecule has 0 atom stereocenters. The van der Waals surface area contributed by atoms with E-state index in [9.17, 15) is 0 Å². The Balaban J connectivity index is 1.76. The molecule has 18 heavy (non-hydrogen) atoms. The maximum absolute atomic E-state index is 5.81. The molecule has 1 aromatic heterocycles. The van der Waals surface area contributed by atoms with Crippen LogP contribution in [0, 0.1) is 0 Å². The molecule has 0 saturated heterocycles. The van der Waals surface area contributed by atoms with Crippen LogP contribution in [0.4, 0.5) is 5.69 Å². The second-order valence-corrected chi connectivity index (χ2v) is 4.91. The van der Waals surface area contributed by atoms with Gasteiger partial charge in [-0.25, -0.2) is 0 Å². The summed E-state index contributed by atoms with van der Waals surface area (Å²) in [4.78, 5) is 4.35. The molecule has 0 aliphatic heterocycles. The summed E-state index contributed by atoms with van der Waals surface area (Å²) in [5.74, 6) is 2.72. The third-order valence-corrected chi connectivity index (χ3v) is 3.38. The lowest BCUT2D eigenvalue weighted by Gasteiger charge is -2.06. The van der Waals surface area contributed by atoms with Crippen LogP contribution in [-0.4, -0.2) is 16.5 Å². The highest BCUT2D eigenvalue weighted by Gasteiger charge is 2.28. The third-order valence-electron chi connectivity index (χ3n) is 2.77. The van der Waals surface area contributed by atoms with Crippen LogP contribution in [0.15, 0.2) is 18.2 Å². The molecule has 1 aliphatic rings. The normalized spacial score (nSPS) is 14.5. The minimum absolute atomic E-state index is 0.541. The summed E-state index contributed by atoms with van der Waals surface area (Å²) < 4.78 is 15.0. The van der Waals surface area contributed by atoms with Gasteiger partial charge in [-0.1, -0.05) is 0 Å². The minimum atomic E-state index is 0.541. The van der Waals surface area contributed by atoms with Crippen molar-refractivity contribution in [3.63, 3.8) is 0 Å². The van der Waals surface area contributed by atoms with Crippen molar-refractivity contribution >= 4 is 17.2 Å². The Morgan fingerprint density at radius 2 is 2.22 bits per heavy atom. The smallest absolute Gasteiger partial charge is 0.298 e. The SMILES string of the molecule is COc1ccc(Oc2nc(C3CC3)ns2)cc1N. The Labute approximate surface area is 109 Å². The fourth-order valence-corrected chi connectivity index (χ4v) is 2.28. The van der Waals surface area contributed by atoms with Crippen LogP contribution in [0.5, 0.6) is 16.7 Å². The first kappa shape index (κ1) is 11.3. The summed E-state index contributed by atoms with van der Waals surface area (Å²) in [5.41, 5.74) is 6.35. The third kappa shape index (κ3) is 2.24. The van der Waals surface area contributed by atoms with E-state index in [0.717, 1.165) is 5.82 Å². The van der Waals surface area contributed by atoms with Crippen molar-refractivity contribution in [3.8, 4) is 16.7 Å². The zero-order valence-electron chi connectivity index (χ0n) is 9.92. The van der Waals surface area contributed by atoms with Crippen molar-refractivity contribution in [2.75, 3.05) is 12.8 Å². The van der Waals surface area contributed by atoms with Crippen LogP contribution in [0.1, 0.15) is 24.6 Å². The molecule has 1 saturated carbocycles. The molecule has 2 aromatic rings. The fraction of sp³-hybridized carbons (Fsp3) is 0.333. The fourth-order valence-electron chi connectivity index (χ4n) is 1.65. The molecule has 0 amide bonds. The number of benzene rings is 1. The number of hydrogen-bond acceptors (Lipinski definition) is 6. The molecule has 2 N–H and O–H groups in total. The molecule has 0 unspecified atom stereocenters. The second kappa shape index (κ2) is 4.45. The van der Waals surface area contributed by atoms with E-state index in [1.165, 1.54) is 24.4 Å². The summed E-state index contributed by atoms with van der Waals surface area (Å²) in [7, 11) is 1.58. The van der Waals surface area contributed by atoms with Crippen LogP contribution in [0.2, 0.25) is 0 Å². The van der Waals surface area contributed by atoms with Crippen molar-refractivity contribution in [3.05, 3.63) is 24.0 Å². The Hall–Kier alpha value is -1.82. The topological polar surface area (TPSA) is 70.3 Å². The summed E-state index contributed by atoms with van der Waals surface area (Å²) in [6.07, 6.45) is 2.37. The van der Waals surface area contributed by atoms with Gasteiger partial charge in [-0.15, -0.1) is 0 Å². The lowest BCUT2D eigenvalue weighted by molar-refractivity contribution is 0.415. The number of nitrogen functional groups attached to an aromatic ring is 1. The minimum Gasteiger partial charge on any atom is -0.495 e. The van der Waals surface area contributed by atoms with E-state index in [2.05, 4.69) is 9.36 Å². The molecule has 1 aromatic carbocycles. The van der Waals surface area contributed by atoms with Gasteiger partial charge >= 0.3 is 0 Å². The van der Waals surface area contributed by atoms with Gasteiger partial charge in [-0.3, -0.25) is 0 Å². The number of ether oxygens (including phenoxy) is 2. The van der Waals surface area contributed by atoms with Crippen molar-refractivity contribution in [2.45, 2.75) is 18.8 Å². The quantitative estimate of drug-likeness (QED) is 0.859. The van der Waals surface area contributed by atoms with Crippen molar-refractivity contribution < 1.29 is 9.47 Å². The molecular weight excluding hydrogens is 250 g/mol. The number of nitrogens with two attached hydrogens (primary N) is 1. The van der Waals surface area contributed by atoms with Gasteiger partial charge in [0.2, 0.25) is 0 Å². The maximum atomic E-state index is 5.81. The van der Waals surface area contributed by atoms with Crippen LogP contribution >= 0.6 is 11.5 Å². The molecule has 94 valence electrons. The van der Waals surface area contributed by atoms with E-state index in [1.807, 2.05) is 0 Å². The van der Waals surface area contributed by atoms with E-state index in [-0.39, 0.29) is 0 Å². The van der Waals surface area contributed by atoms with Gasteiger partial charge in [0.05, 0.1) is 12.8 Å². The zero-order chi connectivity index (χ0) is 12.5. The first-order valence-electron chi connectivity index (χ1n) is 5.71. The van der Waals surface area contributed by atoms with Crippen LogP contribution in [0.3, 0.4) is 0 Å². The van der Waals surface area contributed by atoms with Crippen LogP contribution < -0.4 is 15.2 Å². The second-order valence-electron chi connectivity index (χ2n) is 4.20. The van der Waals surface area contributed by atoms with Crippen LogP contribution in [-0.2, 0) is 0 Å². The molecule has 1 heterocycles. The maximum Gasteiger partial charge on any atom is 0.298 e. The van der Waals surface area contributed by atoms with Crippen molar-refractivity contribution in [1.82, 2.24) is 9.36 Å². The van der Waals surface area contributed by atoms with E-state index in [4.69, 9.17) is 15.2 Å². The van der Waals surface area contributed by atoms with Gasteiger partial charge in [-0.2, -0.15) is 9.36 Å². The van der Waals surface area contributed by atoms with E-state index in [1.54, 1.807) is 25.3 Å². The highest BCUT2D eigenvalue weighted by molar-refractivity contribution is 7.07. The van der Waals surface area contributed by atoms with E-state index < -0.39 is 0 Å². The molecule has 1 aliphatic carbocycles. The molecular formula is C12H13N3O2S. The number of methoxy groups -OCH3 is 1. The Kier molecular flexibility index (Phi) is 2.79. The summed E-state index contributed by atoms with van der Waals surface area (Å²) in [5, 5.41) is 0.557. The molecule has 0 spiro atoms. The molecule has 3 rings (SSSR count). The van der Waals surface area contributed by atoms with E-state index >= 15 is 0 Å². The van der Waals surface area contributed by atoms with Gasteiger partial charge < -0.3 is 15.2 Å². The Bertz CT molecular complexity index is 566. The Morgan fingerprint density at radius 3 is 2.89 bits per heavy atom. The van der Waals surface area contributed by atoms with Crippen molar-refractivity contribution in [2.24, 2.45) is 0 Å². The molecule has 5 nitrogen and oxygen atoms in total. The van der Waals surface area contributed by atoms with Gasteiger partial charge in [0.25, 0.3) is 5.19 Å². The van der Waals surface area contributed by atoms with Gasteiger partial charge in [-0.05, 0) is 25.0 Å². The van der Waals surface area contributed by atoms with Crippen LogP contribution in [0.25, 0.3) is 0 Å². The number of aromatic nitrogens is 2. The van der Waals surface area contributed by atoms with Gasteiger partial charge in [0.1, 0.15) is 17.3 Å². The van der Waals surface area contributed by atoms with Crippen molar-refractivity contribution in [1.29, 1.82) is 0 Å². The number of nitrogens with zero attached hydrogens (tertiary/aromatic N) is 2. The van der Waals surface area contributed by atoms with Gasteiger partial charge in [0.15, 0.2) is 0 Å². The first-order valence-corrected chi connectivity index (χ1v) is 6.48. The standard InChI is InChI=1S/C12H13N3O2S/c1-16-10-5-4-8(6-9(10)13)17-12-14-11(15-18-12)7-2-3-7/h4-7H,2-3,13H2,1H3. The molecule has 1 fully saturated rings. The Morgan fingerprint density at radius 1 is 1.39 bits per heavy atom. The summed E-state index contributed by atoms with van der Waals surface area (Å²) >= 11 is 1.27. The number of anilines is 1. The zero-order valence-corrected chi connectivity index (χ0v) is 10.7. The summed E-state index contributed by atoms with van der Waals surface area (Å²) in [6, 6.07) is 5.29. The molecule has 0 bridgehead atoms. The highest BCUT2D eigenvalue weighted by Crippen LogP contribution is 2.40. The first-order chi connectivity index (χ1) is 8.76.